The summed E-state index contributed by atoms with van der Waals surface area (Å²) in [5, 5.41) is 0. The molecule has 1 atom stereocenters. The molecule has 0 aromatic heterocycles. The Morgan fingerprint density at radius 3 is 1.16 bits per heavy atom. The molecule has 0 spiro atoms. The van der Waals surface area contributed by atoms with Crippen LogP contribution in [-0.4, -0.2) is 37.2 Å². The number of hydrogen-bond acceptors (Lipinski definition) is 6. The van der Waals surface area contributed by atoms with E-state index < -0.39 is 6.10 Å². The van der Waals surface area contributed by atoms with Crippen molar-refractivity contribution in [1.82, 2.24) is 0 Å². The molecule has 0 amide bonds. The molecule has 6 nitrogen and oxygen atoms in total. The lowest BCUT2D eigenvalue weighted by molar-refractivity contribution is -0.167. The molecular weight excluding hydrogens is 793 g/mol. The maximum absolute atomic E-state index is 12.8. The van der Waals surface area contributed by atoms with Crippen LogP contribution in [0.15, 0.2) is 97.2 Å². The standard InChI is InChI=1S/C58H96O6/c1-4-7-10-13-16-19-22-25-28-29-31-33-36-39-42-45-48-51-57(60)63-54-55(53-62-56(59)50-47-44-41-38-35-32-27-24-21-18-15-12-9-6-3)64-58(61)52-49-46-43-40-37-34-30-26-23-20-17-14-11-8-5-2/h8-9,11-12,14,17-18,20-21,23,25-28,30,32,55H,4-7,10,13,15-16,19,22,24,29,31,33-54H2,1-3H3/b11-8-,12-9-,17-14-,21-18-,23-20-,28-25-,30-26-,32-27-. The fraction of sp³-hybridized carbons (Fsp3) is 0.672. The molecule has 0 aromatic rings. The Balaban J connectivity index is 4.46. The molecule has 0 fully saturated rings. The van der Waals surface area contributed by atoms with Crippen LogP contribution in [-0.2, 0) is 28.6 Å². The quantitative estimate of drug-likeness (QED) is 0.0199. The summed E-state index contributed by atoms with van der Waals surface area (Å²) in [4.78, 5) is 38.0. The molecule has 0 heterocycles. The van der Waals surface area contributed by atoms with Crippen LogP contribution in [0.5, 0.6) is 0 Å². The van der Waals surface area contributed by atoms with E-state index >= 15 is 0 Å². The third kappa shape index (κ3) is 49.3. The van der Waals surface area contributed by atoms with E-state index in [-0.39, 0.29) is 31.1 Å². The van der Waals surface area contributed by atoms with Gasteiger partial charge in [-0.25, -0.2) is 0 Å². The minimum Gasteiger partial charge on any atom is -0.462 e. The average molecular weight is 889 g/mol. The fourth-order valence-corrected chi connectivity index (χ4v) is 6.99. The monoisotopic (exact) mass is 889 g/mol. The summed E-state index contributed by atoms with van der Waals surface area (Å²) in [5.74, 6) is -0.950. The first kappa shape index (κ1) is 60.3. The van der Waals surface area contributed by atoms with Crippen LogP contribution in [0.1, 0.15) is 233 Å². The molecule has 0 radical (unpaired) electrons. The number of hydrogen-bond donors (Lipinski definition) is 0. The molecule has 0 aliphatic carbocycles. The molecule has 364 valence electrons. The highest BCUT2D eigenvalue weighted by Crippen LogP contribution is 2.14. The van der Waals surface area contributed by atoms with Gasteiger partial charge in [0.15, 0.2) is 6.10 Å². The lowest BCUT2D eigenvalue weighted by Gasteiger charge is -2.18. The highest BCUT2D eigenvalue weighted by molar-refractivity contribution is 5.71. The second-order valence-electron chi connectivity index (χ2n) is 17.1. The minimum atomic E-state index is -0.802. The molecular formula is C58H96O6. The fourth-order valence-electron chi connectivity index (χ4n) is 6.99. The van der Waals surface area contributed by atoms with Crippen molar-refractivity contribution < 1.29 is 28.6 Å². The predicted octanol–water partition coefficient (Wildman–Crippen LogP) is 17.4. The Bertz CT molecular complexity index is 1300. The molecule has 1 unspecified atom stereocenters. The first-order valence-electron chi connectivity index (χ1n) is 26.3. The van der Waals surface area contributed by atoms with Crippen molar-refractivity contribution in [2.45, 2.75) is 239 Å². The normalized spacial score (nSPS) is 12.9. The highest BCUT2D eigenvalue weighted by Gasteiger charge is 2.19. The van der Waals surface area contributed by atoms with E-state index in [1.807, 2.05) is 18.2 Å². The largest absolute Gasteiger partial charge is 0.462 e. The zero-order valence-electron chi connectivity index (χ0n) is 41.5. The van der Waals surface area contributed by atoms with Crippen molar-refractivity contribution in [3.63, 3.8) is 0 Å². The Kier molecular flexibility index (Phi) is 49.0. The van der Waals surface area contributed by atoms with E-state index in [1.54, 1.807) is 0 Å². The van der Waals surface area contributed by atoms with Gasteiger partial charge >= 0.3 is 17.9 Å². The number of esters is 3. The van der Waals surface area contributed by atoms with Gasteiger partial charge in [0.1, 0.15) is 13.2 Å². The molecule has 0 N–H and O–H groups in total. The Morgan fingerprint density at radius 1 is 0.344 bits per heavy atom. The molecule has 0 bridgehead atoms. The SMILES string of the molecule is CC\C=C/C=C\C=C/C=C\CCCCCCCC(=O)OC(COC(=O)CCCCCC/C=C\C/C=C\C/C=C\CC)COC(=O)CCCCCCCCC/C=C\CCCCCCCC. The summed E-state index contributed by atoms with van der Waals surface area (Å²) in [6.07, 6.45) is 68.2. The number of rotatable bonds is 46. The maximum Gasteiger partial charge on any atom is 0.306 e. The van der Waals surface area contributed by atoms with Crippen molar-refractivity contribution >= 4 is 17.9 Å². The van der Waals surface area contributed by atoms with Gasteiger partial charge in [-0.2, -0.15) is 0 Å². The molecule has 0 aromatic carbocycles. The lowest BCUT2D eigenvalue weighted by Crippen LogP contribution is -2.30. The summed E-state index contributed by atoms with van der Waals surface area (Å²) < 4.78 is 16.8. The van der Waals surface area contributed by atoms with Gasteiger partial charge in [-0.3, -0.25) is 14.4 Å². The van der Waals surface area contributed by atoms with E-state index in [2.05, 4.69) is 99.8 Å². The second-order valence-corrected chi connectivity index (χ2v) is 17.1. The number of ether oxygens (including phenoxy) is 3. The van der Waals surface area contributed by atoms with E-state index in [0.717, 1.165) is 116 Å². The first-order valence-corrected chi connectivity index (χ1v) is 26.3. The highest BCUT2D eigenvalue weighted by atomic mass is 16.6. The van der Waals surface area contributed by atoms with E-state index in [0.29, 0.717) is 19.3 Å². The number of carbonyl (C=O) groups excluding carboxylic acids is 3. The van der Waals surface area contributed by atoms with Gasteiger partial charge in [0, 0.05) is 19.3 Å². The summed E-state index contributed by atoms with van der Waals surface area (Å²) in [6.45, 7) is 6.34. The van der Waals surface area contributed by atoms with Gasteiger partial charge in [0.25, 0.3) is 0 Å². The molecule has 0 saturated carbocycles. The van der Waals surface area contributed by atoms with Gasteiger partial charge in [0.05, 0.1) is 0 Å². The van der Waals surface area contributed by atoms with Crippen LogP contribution < -0.4 is 0 Å². The van der Waals surface area contributed by atoms with Crippen LogP contribution in [0.25, 0.3) is 0 Å². The molecule has 0 aliphatic heterocycles. The van der Waals surface area contributed by atoms with Gasteiger partial charge in [0.2, 0.25) is 0 Å². The topological polar surface area (TPSA) is 78.9 Å². The molecule has 0 aliphatic rings. The van der Waals surface area contributed by atoms with Crippen molar-refractivity contribution in [3.05, 3.63) is 97.2 Å². The summed E-state index contributed by atoms with van der Waals surface area (Å²) in [6, 6.07) is 0. The zero-order chi connectivity index (χ0) is 46.5. The maximum atomic E-state index is 12.8. The first-order chi connectivity index (χ1) is 31.5. The van der Waals surface area contributed by atoms with Crippen LogP contribution in [0, 0.1) is 0 Å². The van der Waals surface area contributed by atoms with Crippen molar-refractivity contribution in [3.8, 4) is 0 Å². The molecule has 64 heavy (non-hydrogen) atoms. The Labute approximate surface area is 394 Å². The van der Waals surface area contributed by atoms with Crippen molar-refractivity contribution in [1.29, 1.82) is 0 Å². The Morgan fingerprint density at radius 2 is 0.688 bits per heavy atom. The second kappa shape index (κ2) is 52.0. The summed E-state index contributed by atoms with van der Waals surface area (Å²) in [7, 11) is 0. The van der Waals surface area contributed by atoms with E-state index in [4.69, 9.17) is 14.2 Å². The zero-order valence-corrected chi connectivity index (χ0v) is 41.5. The smallest absolute Gasteiger partial charge is 0.306 e. The third-order valence-electron chi connectivity index (χ3n) is 10.9. The van der Waals surface area contributed by atoms with Gasteiger partial charge < -0.3 is 14.2 Å². The molecule has 0 rings (SSSR count). The predicted molar refractivity (Wildman–Crippen MR) is 274 cm³/mol. The van der Waals surface area contributed by atoms with Crippen molar-refractivity contribution in [2.75, 3.05) is 13.2 Å². The van der Waals surface area contributed by atoms with Crippen molar-refractivity contribution in [2.24, 2.45) is 0 Å². The molecule has 6 heteroatoms. The lowest BCUT2D eigenvalue weighted by atomic mass is 10.1. The van der Waals surface area contributed by atoms with Crippen LogP contribution in [0.4, 0.5) is 0 Å². The van der Waals surface area contributed by atoms with Crippen LogP contribution in [0.3, 0.4) is 0 Å². The number of allylic oxidation sites excluding steroid dienone is 16. The van der Waals surface area contributed by atoms with Gasteiger partial charge in [-0.05, 0) is 96.3 Å². The van der Waals surface area contributed by atoms with Crippen LogP contribution >= 0.6 is 0 Å². The summed E-state index contributed by atoms with van der Waals surface area (Å²) >= 11 is 0. The van der Waals surface area contributed by atoms with Crippen LogP contribution in [0.2, 0.25) is 0 Å². The van der Waals surface area contributed by atoms with E-state index in [9.17, 15) is 14.4 Å². The summed E-state index contributed by atoms with van der Waals surface area (Å²) in [5.41, 5.74) is 0. The number of carbonyl (C=O) groups is 3. The average Bonchev–Trinajstić information content (AvgIpc) is 3.29. The van der Waals surface area contributed by atoms with Gasteiger partial charge in [-0.15, -0.1) is 0 Å². The van der Waals surface area contributed by atoms with Gasteiger partial charge in [-0.1, -0.05) is 214 Å². The number of unbranched alkanes of at least 4 members (excludes halogenated alkanes) is 22. The third-order valence-corrected chi connectivity index (χ3v) is 10.9. The van der Waals surface area contributed by atoms with E-state index in [1.165, 1.54) is 77.0 Å². The Hall–Kier alpha value is -3.67. The minimum absolute atomic E-state index is 0.0978. The molecule has 0 saturated heterocycles.